The van der Waals surface area contributed by atoms with Gasteiger partial charge in [0.15, 0.2) is 0 Å². The van der Waals surface area contributed by atoms with E-state index in [9.17, 15) is 14.0 Å². The van der Waals surface area contributed by atoms with Crippen molar-refractivity contribution < 1.29 is 14.0 Å². The Hall–Kier alpha value is -2.11. The van der Waals surface area contributed by atoms with E-state index < -0.39 is 11.9 Å². The van der Waals surface area contributed by atoms with Gasteiger partial charge in [0.2, 0.25) is 11.8 Å². The van der Waals surface area contributed by atoms with Crippen LogP contribution in [0.4, 0.5) is 4.39 Å². The number of amides is 2. The molecule has 2 rings (SSSR count). The topological polar surface area (TPSA) is 49.4 Å². The molecule has 0 aliphatic carbocycles. The zero-order valence-corrected chi connectivity index (χ0v) is 16.6. The first-order valence-corrected chi connectivity index (χ1v) is 9.34. The molecule has 0 saturated heterocycles. The second-order valence-corrected chi connectivity index (χ2v) is 6.87. The molecule has 27 heavy (non-hydrogen) atoms. The van der Waals surface area contributed by atoms with Crippen LogP contribution in [-0.4, -0.2) is 29.3 Å². The van der Waals surface area contributed by atoms with E-state index in [2.05, 4.69) is 5.32 Å². The first-order chi connectivity index (χ1) is 12.8. The Kier molecular flexibility index (Phi) is 7.63. The summed E-state index contributed by atoms with van der Waals surface area (Å²) < 4.78 is 14.1. The van der Waals surface area contributed by atoms with Gasteiger partial charge in [-0.05, 0) is 37.6 Å². The Morgan fingerprint density at radius 1 is 1.11 bits per heavy atom. The molecule has 2 aromatic rings. The molecule has 4 nitrogen and oxygen atoms in total. The predicted octanol–water partition coefficient (Wildman–Crippen LogP) is 4.23. The lowest BCUT2D eigenvalue weighted by molar-refractivity contribution is -0.140. The number of nitrogens with one attached hydrogen (secondary N) is 1. The summed E-state index contributed by atoms with van der Waals surface area (Å²) in [7, 11) is 0. The minimum Gasteiger partial charge on any atom is -0.355 e. The molecule has 0 aliphatic rings. The normalized spacial score (nSPS) is 11.7. The summed E-state index contributed by atoms with van der Waals surface area (Å²) in [5.41, 5.74) is 0.805. The average Bonchev–Trinajstić information content (AvgIpc) is 2.63. The zero-order chi connectivity index (χ0) is 20.0. The van der Waals surface area contributed by atoms with E-state index in [1.165, 1.54) is 11.0 Å². The lowest BCUT2D eigenvalue weighted by atomic mass is 10.1. The number of rotatable bonds is 7. The van der Waals surface area contributed by atoms with Crippen molar-refractivity contribution in [3.05, 3.63) is 69.5 Å². The van der Waals surface area contributed by atoms with Gasteiger partial charge in [-0.15, -0.1) is 0 Å². The Morgan fingerprint density at radius 2 is 1.74 bits per heavy atom. The summed E-state index contributed by atoms with van der Waals surface area (Å²) in [5, 5.41) is 3.42. The van der Waals surface area contributed by atoms with Gasteiger partial charge in [0.05, 0.1) is 6.42 Å². The molecule has 144 valence electrons. The molecule has 2 amide bonds. The summed E-state index contributed by atoms with van der Waals surface area (Å²) in [4.78, 5) is 26.6. The van der Waals surface area contributed by atoms with Gasteiger partial charge in [0.25, 0.3) is 0 Å². The van der Waals surface area contributed by atoms with Crippen molar-refractivity contribution in [1.82, 2.24) is 10.2 Å². The molecular weight excluding hydrogens is 390 g/mol. The maximum atomic E-state index is 14.1. The van der Waals surface area contributed by atoms with Crippen LogP contribution in [0.1, 0.15) is 25.0 Å². The molecule has 1 atom stereocenters. The summed E-state index contributed by atoms with van der Waals surface area (Å²) in [6.07, 6.45) is -0.0866. The fraction of sp³-hybridized carbons (Fsp3) is 0.300. The fourth-order valence-corrected chi connectivity index (χ4v) is 3.20. The van der Waals surface area contributed by atoms with Crippen LogP contribution in [0.5, 0.6) is 0 Å². The maximum Gasteiger partial charge on any atom is 0.242 e. The minimum absolute atomic E-state index is 0.0358. The number of carbonyl (C=O) groups excluding carboxylic acids is 2. The van der Waals surface area contributed by atoms with Crippen molar-refractivity contribution in [3.63, 3.8) is 0 Å². The van der Waals surface area contributed by atoms with Gasteiger partial charge in [-0.2, -0.15) is 0 Å². The lowest BCUT2D eigenvalue weighted by Gasteiger charge is -2.29. The molecule has 0 unspecified atom stereocenters. The standard InChI is InChI=1S/C20H21Cl2FN2O2/c1-3-24-20(27)13(2)25(12-14-7-4-5-10-18(14)23)19(26)11-15-16(21)8-6-9-17(15)22/h4-10,13H,3,11-12H2,1-2H3,(H,24,27)/t13-/m0/s1. The highest BCUT2D eigenvalue weighted by atomic mass is 35.5. The molecule has 0 fully saturated rings. The Labute approximate surface area is 168 Å². The van der Waals surface area contributed by atoms with Crippen molar-refractivity contribution in [1.29, 1.82) is 0 Å². The highest BCUT2D eigenvalue weighted by Crippen LogP contribution is 2.26. The molecule has 7 heteroatoms. The van der Waals surface area contributed by atoms with E-state index in [1.807, 2.05) is 0 Å². The summed E-state index contributed by atoms with van der Waals surface area (Å²) in [6.45, 7) is 3.79. The maximum absolute atomic E-state index is 14.1. The molecule has 0 aliphatic heterocycles. The molecule has 0 radical (unpaired) electrons. The number of likely N-dealkylation sites (N-methyl/N-ethyl adjacent to an activating group) is 1. The van der Waals surface area contributed by atoms with Crippen molar-refractivity contribution in [2.75, 3.05) is 6.54 Å². The lowest BCUT2D eigenvalue weighted by Crippen LogP contribution is -2.48. The molecular formula is C20H21Cl2FN2O2. The molecule has 2 aromatic carbocycles. The van der Waals surface area contributed by atoms with Crippen LogP contribution < -0.4 is 5.32 Å². The van der Waals surface area contributed by atoms with E-state index in [4.69, 9.17) is 23.2 Å². The minimum atomic E-state index is -0.779. The van der Waals surface area contributed by atoms with E-state index in [-0.39, 0.29) is 24.8 Å². The molecule has 0 saturated carbocycles. The summed E-state index contributed by atoms with van der Waals surface area (Å²) in [5.74, 6) is -1.12. The average molecular weight is 411 g/mol. The molecule has 0 aromatic heterocycles. The van der Waals surface area contributed by atoms with Crippen LogP contribution in [0.2, 0.25) is 10.0 Å². The van der Waals surface area contributed by atoms with Crippen LogP contribution in [0.25, 0.3) is 0 Å². The summed E-state index contributed by atoms with van der Waals surface area (Å²) >= 11 is 12.3. The van der Waals surface area contributed by atoms with Gasteiger partial charge in [-0.25, -0.2) is 4.39 Å². The monoisotopic (exact) mass is 410 g/mol. The van der Waals surface area contributed by atoms with Crippen LogP contribution in [0.15, 0.2) is 42.5 Å². The number of benzene rings is 2. The second kappa shape index (κ2) is 9.72. The first kappa shape index (κ1) is 21.2. The van der Waals surface area contributed by atoms with Gasteiger partial charge in [-0.3, -0.25) is 9.59 Å². The van der Waals surface area contributed by atoms with Crippen molar-refractivity contribution >= 4 is 35.0 Å². The molecule has 1 N–H and O–H groups in total. The van der Waals surface area contributed by atoms with Crippen molar-refractivity contribution in [3.8, 4) is 0 Å². The van der Waals surface area contributed by atoms with Crippen LogP contribution in [0.3, 0.4) is 0 Å². The third kappa shape index (κ3) is 5.44. The smallest absolute Gasteiger partial charge is 0.242 e. The zero-order valence-electron chi connectivity index (χ0n) is 15.1. The van der Waals surface area contributed by atoms with E-state index in [0.29, 0.717) is 27.7 Å². The van der Waals surface area contributed by atoms with Gasteiger partial charge in [0.1, 0.15) is 11.9 Å². The van der Waals surface area contributed by atoms with Gasteiger partial charge in [0, 0.05) is 28.7 Å². The predicted molar refractivity (Wildman–Crippen MR) is 105 cm³/mol. The quantitative estimate of drug-likeness (QED) is 0.742. The van der Waals surface area contributed by atoms with Crippen molar-refractivity contribution in [2.24, 2.45) is 0 Å². The molecule has 0 spiro atoms. The number of hydrogen-bond acceptors (Lipinski definition) is 2. The Morgan fingerprint density at radius 3 is 2.33 bits per heavy atom. The largest absolute Gasteiger partial charge is 0.355 e. The molecule has 0 heterocycles. The highest BCUT2D eigenvalue weighted by Gasteiger charge is 2.27. The third-order valence-electron chi connectivity index (χ3n) is 4.21. The molecule has 0 bridgehead atoms. The first-order valence-electron chi connectivity index (χ1n) is 8.58. The SMILES string of the molecule is CCNC(=O)[C@H](C)N(Cc1ccccc1F)C(=O)Cc1c(Cl)cccc1Cl. The van der Waals surface area contributed by atoms with Crippen LogP contribution in [0, 0.1) is 5.82 Å². The van der Waals surface area contributed by atoms with E-state index in [0.717, 1.165) is 0 Å². The summed E-state index contributed by atoms with van der Waals surface area (Å²) in [6, 6.07) is 10.4. The number of carbonyl (C=O) groups is 2. The third-order valence-corrected chi connectivity index (χ3v) is 4.91. The highest BCUT2D eigenvalue weighted by molar-refractivity contribution is 6.36. The van der Waals surface area contributed by atoms with Gasteiger partial charge >= 0.3 is 0 Å². The van der Waals surface area contributed by atoms with E-state index >= 15 is 0 Å². The second-order valence-electron chi connectivity index (χ2n) is 6.06. The van der Waals surface area contributed by atoms with Gasteiger partial charge < -0.3 is 10.2 Å². The van der Waals surface area contributed by atoms with Crippen LogP contribution in [-0.2, 0) is 22.6 Å². The van der Waals surface area contributed by atoms with Crippen molar-refractivity contribution in [2.45, 2.75) is 32.9 Å². The number of hydrogen-bond donors (Lipinski definition) is 1. The number of halogens is 3. The Balaban J connectivity index is 2.31. The van der Waals surface area contributed by atoms with Crippen LogP contribution >= 0.6 is 23.2 Å². The number of nitrogens with zero attached hydrogens (tertiary/aromatic N) is 1. The van der Waals surface area contributed by atoms with Gasteiger partial charge in [-0.1, -0.05) is 47.5 Å². The van der Waals surface area contributed by atoms with E-state index in [1.54, 1.807) is 50.2 Å². The Bertz CT molecular complexity index is 809. The fourth-order valence-electron chi connectivity index (χ4n) is 2.67.